The van der Waals surface area contributed by atoms with Gasteiger partial charge in [0.1, 0.15) is 11.6 Å². The topological polar surface area (TPSA) is 76.0 Å². The molecule has 0 aliphatic heterocycles. The van der Waals surface area contributed by atoms with Crippen molar-refractivity contribution in [2.45, 2.75) is 0 Å². The van der Waals surface area contributed by atoms with Crippen LogP contribution in [0.25, 0.3) is 6.08 Å². The van der Waals surface area contributed by atoms with E-state index in [1.165, 1.54) is 38.5 Å². The Morgan fingerprint density at radius 2 is 1.70 bits per heavy atom. The van der Waals surface area contributed by atoms with Crippen molar-refractivity contribution in [1.29, 1.82) is 0 Å². The lowest BCUT2D eigenvalue weighted by atomic mass is 10.1. The Kier molecular flexibility index (Phi) is 4.85. The van der Waals surface area contributed by atoms with Gasteiger partial charge in [0.2, 0.25) is 5.75 Å². The van der Waals surface area contributed by atoms with Gasteiger partial charge in [-0.2, -0.15) is 0 Å². The maximum Gasteiger partial charge on any atom is 0.200 e. The molecule has 0 aliphatic carbocycles. The highest BCUT2D eigenvalue weighted by Crippen LogP contribution is 2.37. The predicted molar refractivity (Wildman–Crippen MR) is 82.6 cm³/mol. The van der Waals surface area contributed by atoms with E-state index in [4.69, 9.17) is 9.47 Å². The van der Waals surface area contributed by atoms with Crippen LogP contribution in [0.2, 0.25) is 0 Å². The number of rotatable bonds is 5. The second-order valence-corrected chi connectivity index (χ2v) is 4.63. The number of hydrogen-bond donors (Lipinski definition) is 2. The largest absolute Gasteiger partial charge is 0.507 e. The average molecular weight is 318 g/mol. The van der Waals surface area contributed by atoms with E-state index in [1.807, 2.05) is 0 Å². The molecule has 5 nitrogen and oxygen atoms in total. The monoisotopic (exact) mass is 318 g/mol. The summed E-state index contributed by atoms with van der Waals surface area (Å²) in [6.07, 6.45) is 2.62. The van der Waals surface area contributed by atoms with Crippen LogP contribution in [0.1, 0.15) is 15.9 Å². The molecule has 23 heavy (non-hydrogen) atoms. The number of aromatic hydroxyl groups is 2. The van der Waals surface area contributed by atoms with Gasteiger partial charge in [-0.25, -0.2) is 4.39 Å². The minimum Gasteiger partial charge on any atom is -0.507 e. The van der Waals surface area contributed by atoms with Crippen molar-refractivity contribution in [2.75, 3.05) is 14.2 Å². The second-order valence-electron chi connectivity index (χ2n) is 4.63. The minimum absolute atomic E-state index is 0.140. The molecule has 0 aliphatic rings. The summed E-state index contributed by atoms with van der Waals surface area (Å²) in [5.74, 6) is -1.26. The van der Waals surface area contributed by atoms with Crippen molar-refractivity contribution in [3.05, 3.63) is 53.4 Å². The molecule has 0 saturated heterocycles. The zero-order valence-corrected chi connectivity index (χ0v) is 12.5. The Morgan fingerprint density at radius 1 is 1.09 bits per heavy atom. The van der Waals surface area contributed by atoms with Crippen LogP contribution in [0, 0.1) is 5.82 Å². The fourth-order valence-electron chi connectivity index (χ4n) is 1.98. The zero-order valence-electron chi connectivity index (χ0n) is 12.5. The van der Waals surface area contributed by atoms with Crippen molar-refractivity contribution in [1.82, 2.24) is 0 Å². The zero-order chi connectivity index (χ0) is 17.0. The Morgan fingerprint density at radius 3 is 2.26 bits per heavy atom. The van der Waals surface area contributed by atoms with E-state index in [0.29, 0.717) is 5.56 Å². The first-order chi connectivity index (χ1) is 11.0. The number of halogens is 1. The highest BCUT2D eigenvalue weighted by molar-refractivity contribution is 6.08. The molecule has 0 spiro atoms. The molecule has 2 aromatic carbocycles. The molecule has 0 saturated carbocycles. The molecule has 2 N–H and O–H groups in total. The number of phenols is 2. The molecule has 0 bridgehead atoms. The molecule has 0 fully saturated rings. The SMILES string of the molecule is COc1cc(C=CC(=O)c2cc(F)ccc2O)cc(OC)c1O. The molecule has 0 amide bonds. The second kappa shape index (κ2) is 6.83. The Bertz CT molecular complexity index is 743. The van der Waals surface area contributed by atoms with Crippen LogP contribution < -0.4 is 9.47 Å². The molecule has 2 rings (SSSR count). The maximum absolute atomic E-state index is 13.2. The van der Waals surface area contributed by atoms with Gasteiger partial charge in [-0.15, -0.1) is 0 Å². The van der Waals surface area contributed by atoms with Gasteiger partial charge in [0.05, 0.1) is 19.8 Å². The van der Waals surface area contributed by atoms with E-state index in [0.717, 1.165) is 18.2 Å². The maximum atomic E-state index is 13.2. The number of phenolic OH excluding ortho intramolecular Hbond substituents is 2. The van der Waals surface area contributed by atoms with Gasteiger partial charge in [0.25, 0.3) is 0 Å². The lowest BCUT2D eigenvalue weighted by Gasteiger charge is -2.09. The van der Waals surface area contributed by atoms with Crippen LogP contribution in [-0.4, -0.2) is 30.2 Å². The van der Waals surface area contributed by atoms with Crippen molar-refractivity contribution >= 4 is 11.9 Å². The molecule has 0 atom stereocenters. The summed E-state index contributed by atoms with van der Waals surface area (Å²) >= 11 is 0. The van der Waals surface area contributed by atoms with Gasteiger partial charge in [-0.3, -0.25) is 4.79 Å². The highest BCUT2D eigenvalue weighted by Gasteiger charge is 2.12. The summed E-state index contributed by atoms with van der Waals surface area (Å²) in [6, 6.07) is 6.15. The minimum atomic E-state index is -0.618. The number of methoxy groups -OCH3 is 2. The third kappa shape index (κ3) is 3.60. The molecule has 0 radical (unpaired) electrons. The van der Waals surface area contributed by atoms with Crippen molar-refractivity contribution in [3.63, 3.8) is 0 Å². The van der Waals surface area contributed by atoms with E-state index in [2.05, 4.69) is 0 Å². The molecule has 0 aromatic heterocycles. The molecule has 2 aromatic rings. The molecular weight excluding hydrogens is 303 g/mol. The standard InChI is InChI=1S/C17H15FO5/c1-22-15-7-10(8-16(23-2)17(15)21)3-5-13(19)12-9-11(18)4-6-14(12)20/h3-9,20-21H,1-2H3. The van der Waals surface area contributed by atoms with Crippen LogP contribution in [-0.2, 0) is 0 Å². The molecule has 6 heteroatoms. The van der Waals surface area contributed by atoms with Crippen molar-refractivity contribution in [2.24, 2.45) is 0 Å². The Balaban J connectivity index is 2.32. The quantitative estimate of drug-likeness (QED) is 0.654. The van der Waals surface area contributed by atoms with Gasteiger partial charge in [0.15, 0.2) is 17.3 Å². The molecule has 0 unspecified atom stereocenters. The van der Waals surface area contributed by atoms with E-state index >= 15 is 0 Å². The summed E-state index contributed by atoms with van der Waals surface area (Å²) in [7, 11) is 2.77. The van der Waals surface area contributed by atoms with E-state index in [9.17, 15) is 19.4 Å². The van der Waals surface area contributed by atoms with Crippen LogP contribution in [0.4, 0.5) is 4.39 Å². The normalized spacial score (nSPS) is 10.7. The Labute approximate surface area is 132 Å². The van der Waals surface area contributed by atoms with E-state index < -0.39 is 11.6 Å². The summed E-state index contributed by atoms with van der Waals surface area (Å²) in [5.41, 5.74) is 0.389. The van der Waals surface area contributed by atoms with E-state index in [-0.39, 0.29) is 28.6 Å². The molecule has 0 heterocycles. The number of ketones is 1. The van der Waals surface area contributed by atoms with Crippen molar-refractivity contribution in [3.8, 4) is 23.0 Å². The number of ether oxygens (including phenoxy) is 2. The predicted octanol–water partition coefficient (Wildman–Crippen LogP) is 3.15. The van der Waals surface area contributed by atoms with Crippen LogP contribution in [0.15, 0.2) is 36.4 Å². The third-order valence-corrected chi connectivity index (χ3v) is 3.15. The van der Waals surface area contributed by atoms with E-state index in [1.54, 1.807) is 0 Å². The lowest BCUT2D eigenvalue weighted by molar-refractivity contribution is 0.104. The van der Waals surface area contributed by atoms with Gasteiger partial charge in [-0.05, 0) is 42.0 Å². The fourth-order valence-corrected chi connectivity index (χ4v) is 1.98. The van der Waals surface area contributed by atoms with Crippen LogP contribution in [0.3, 0.4) is 0 Å². The third-order valence-electron chi connectivity index (χ3n) is 3.15. The Hall–Kier alpha value is -3.02. The summed E-state index contributed by atoms with van der Waals surface area (Å²) in [4.78, 5) is 12.0. The highest BCUT2D eigenvalue weighted by atomic mass is 19.1. The number of carbonyl (C=O) groups is 1. The van der Waals surface area contributed by atoms with Crippen LogP contribution in [0.5, 0.6) is 23.0 Å². The molecule has 120 valence electrons. The molecular formula is C17H15FO5. The smallest absolute Gasteiger partial charge is 0.200 e. The van der Waals surface area contributed by atoms with Gasteiger partial charge >= 0.3 is 0 Å². The lowest BCUT2D eigenvalue weighted by Crippen LogP contribution is -1.96. The van der Waals surface area contributed by atoms with Crippen LogP contribution >= 0.6 is 0 Å². The first-order valence-corrected chi connectivity index (χ1v) is 6.62. The first kappa shape index (κ1) is 16.4. The average Bonchev–Trinajstić information content (AvgIpc) is 2.55. The number of allylic oxidation sites excluding steroid dienone is 1. The van der Waals surface area contributed by atoms with Gasteiger partial charge in [-0.1, -0.05) is 6.08 Å². The number of benzene rings is 2. The van der Waals surface area contributed by atoms with Gasteiger partial charge in [0, 0.05) is 0 Å². The van der Waals surface area contributed by atoms with Gasteiger partial charge < -0.3 is 19.7 Å². The summed E-state index contributed by atoms with van der Waals surface area (Å²) in [5, 5.41) is 19.4. The first-order valence-electron chi connectivity index (χ1n) is 6.62. The summed E-state index contributed by atoms with van der Waals surface area (Å²) in [6.45, 7) is 0. The van der Waals surface area contributed by atoms with Crippen molar-refractivity contribution < 1.29 is 28.9 Å². The number of carbonyl (C=O) groups excluding carboxylic acids is 1. The fraction of sp³-hybridized carbons (Fsp3) is 0.118. The summed E-state index contributed by atoms with van der Waals surface area (Å²) < 4.78 is 23.2. The number of hydrogen-bond acceptors (Lipinski definition) is 5.